The molecular formula is C13H17NO. The third-order valence-electron chi connectivity index (χ3n) is 3.03. The minimum Gasteiger partial charge on any atom is -0.310 e. The third-order valence-corrected chi connectivity index (χ3v) is 3.03. The standard InChI is InChI=1S/C13H17NO/c1-10-6-8-12(9-7-10)14-11(2)4-3-5-13(14)15/h6-9,11H,3-5H2,1-2H3. The predicted molar refractivity (Wildman–Crippen MR) is 62.0 cm³/mol. The van der Waals surface area contributed by atoms with E-state index in [-0.39, 0.29) is 5.91 Å². The fourth-order valence-corrected chi connectivity index (χ4v) is 2.15. The molecular weight excluding hydrogens is 186 g/mol. The zero-order chi connectivity index (χ0) is 10.8. The van der Waals surface area contributed by atoms with Gasteiger partial charge in [-0.15, -0.1) is 0 Å². The van der Waals surface area contributed by atoms with Gasteiger partial charge in [-0.05, 0) is 38.8 Å². The van der Waals surface area contributed by atoms with Gasteiger partial charge in [-0.3, -0.25) is 4.79 Å². The lowest BCUT2D eigenvalue weighted by Gasteiger charge is -2.33. The molecule has 80 valence electrons. The number of rotatable bonds is 1. The molecule has 1 heterocycles. The van der Waals surface area contributed by atoms with Gasteiger partial charge in [0.1, 0.15) is 0 Å². The monoisotopic (exact) mass is 203 g/mol. The predicted octanol–water partition coefficient (Wildman–Crippen LogP) is 2.90. The van der Waals surface area contributed by atoms with Gasteiger partial charge in [0.25, 0.3) is 0 Å². The number of hydrogen-bond acceptors (Lipinski definition) is 1. The topological polar surface area (TPSA) is 20.3 Å². The quantitative estimate of drug-likeness (QED) is 0.687. The van der Waals surface area contributed by atoms with Gasteiger partial charge in [0.15, 0.2) is 0 Å². The molecule has 0 bridgehead atoms. The Kier molecular flexibility index (Phi) is 2.76. The zero-order valence-corrected chi connectivity index (χ0v) is 9.36. The Morgan fingerprint density at radius 1 is 1.27 bits per heavy atom. The summed E-state index contributed by atoms with van der Waals surface area (Å²) in [6.45, 7) is 4.18. The SMILES string of the molecule is Cc1ccc(N2C(=O)CCCC2C)cc1. The largest absolute Gasteiger partial charge is 0.310 e. The summed E-state index contributed by atoms with van der Waals surface area (Å²) in [5, 5.41) is 0. The number of nitrogens with zero attached hydrogens (tertiary/aromatic N) is 1. The van der Waals surface area contributed by atoms with E-state index >= 15 is 0 Å². The van der Waals surface area contributed by atoms with E-state index in [1.807, 2.05) is 17.0 Å². The molecule has 0 saturated carbocycles. The summed E-state index contributed by atoms with van der Waals surface area (Å²) < 4.78 is 0. The Morgan fingerprint density at radius 3 is 2.53 bits per heavy atom. The molecule has 1 aromatic carbocycles. The number of benzene rings is 1. The van der Waals surface area contributed by atoms with Crippen LogP contribution in [0.2, 0.25) is 0 Å². The molecule has 1 amide bonds. The van der Waals surface area contributed by atoms with E-state index in [1.165, 1.54) is 5.56 Å². The number of hydrogen-bond donors (Lipinski definition) is 0. The van der Waals surface area contributed by atoms with Crippen molar-refractivity contribution in [3.63, 3.8) is 0 Å². The molecule has 1 aliphatic rings. The first-order valence-corrected chi connectivity index (χ1v) is 5.57. The van der Waals surface area contributed by atoms with Gasteiger partial charge in [0.2, 0.25) is 5.91 Å². The smallest absolute Gasteiger partial charge is 0.227 e. The van der Waals surface area contributed by atoms with E-state index in [0.717, 1.165) is 18.5 Å². The molecule has 1 aliphatic heterocycles. The lowest BCUT2D eigenvalue weighted by Crippen LogP contribution is -2.42. The van der Waals surface area contributed by atoms with Crippen LogP contribution in [-0.4, -0.2) is 11.9 Å². The second-order valence-corrected chi connectivity index (χ2v) is 4.34. The number of anilines is 1. The molecule has 0 aliphatic carbocycles. The van der Waals surface area contributed by atoms with Crippen molar-refractivity contribution in [1.29, 1.82) is 0 Å². The van der Waals surface area contributed by atoms with E-state index in [2.05, 4.69) is 26.0 Å². The fraction of sp³-hybridized carbons (Fsp3) is 0.462. The van der Waals surface area contributed by atoms with Gasteiger partial charge in [-0.2, -0.15) is 0 Å². The molecule has 1 aromatic rings. The van der Waals surface area contributed by atoms with E-state index in [9.17, 15) is 4.79 Å². The Bertz CT molecular complexity index is 355. The normalized spacial score (nSPS) is 21.9. The van der Waals surface area contributed by atoms with Gasteiger partial charge in [-0.1, -0.05) is 17.7 Å². The van der Waals surface area contributed by atoms with Crippen LogP contribution in [0, 0.1) is 6.92 Å². The van der Waals surface area contributed by atoms with Gasteiger partial charge in [-0.25, -0.2) is 0 Å². The first-order chi connectivity index (χ1) is 7.18. The van der Waals surface area contributed by atoms with Crippen LogP contribution in [-0.2, 0) is 4.79 Å². The van der Waals surface area contributed by atoms with Crippen molar-refractivity contribution < 1.29 is 4.79 Å². The summed E-state index contributed by atoms with van der Waals surface area (Å²) in [7, 11) is 0. The maximum absolute atomic E-state index is 11.8. The minimum atomic E-state index is 0.262. The molecule has 1 unspecified atom stereocenters. The molecule has 0 spiro atoms. The maximum Gasteiger partial charge on any atom is 0.227 e. The highest BCUT2D eigenvalue weighted by atomic mass is 16.2. The average Bonchev–Trinajstić information content (AvgIpc) is 2.20. The van der Waals surface area contributed by atoms with Crippen LogP contribution in [0.3, 0.4) is 0 Å². The Hall–Kier alpha value is -1.31. The van der Waals surface area contributed by atoms with Gasteiger partial charge in [0.05, 0.1) is 0 Å². The summed E-state index contributed by atoms with van der Waals surface area (Å²) in [4.78, 5) is 13.7. The van der Waals surface area contributed by atoms with Crippen molar-refractivity contribution >= 4 is 11.6 Å². The van der Waals surface area contributed by atoms with Crippen molar-refractivity contribution in [3.05, 3.63) is 29.8 Å². The molecule has 2 rings (SSSR count). The van der Waals surface area contributed by atoms with Gasteiger partial charge < -0.3 is 4.90 Å². The van der Waals surface area contributed by atoms with Crippen molar-refractivity contribution in [3.8, 4) is 0 Å². The summed E-state index contributed by atoms with van der Waals surface area (Å²) in [5.41, 5.74) is 2.27. The van der Waals surface area contributed by atoms with Crippen LogP contribution < -0.4 is 4.90 Å². The lowest BCUT2D eigenvalue weighted by atomic mass is 10.0. The van der Waals surface area contributed by atoms with Crippen molar-refractivity contribution in [1.82, 2.24) is 0 Å². The van der Waals surface area contributed by atoms with Crippen LogP contribution in [0.4, 0.5) is 5.69 Å². The molecule has 0 radical (unpaired) electrons. The second-order valence-electron chi connectivity index (χ2n) is 4.34. The fourth-order valence-electron chi connectivity index (χ4n) is 2.15. The summed E-state index contributed by atoms with van der Waals surface area (Å²) in [5.74, 6) is 0.262. The average molecular weight is 203 g/mol. The van der Waals surface area contributed by atoms with Crippen LogP contribution in [0.25, 0.3) is 0 Å². The van der Waals surface area contributed by atoms with E-state index in [0.29, 0.717) is 12.5 Å². The lowest BCUT2D eigenvalue weighted by molar-refractivity contribution is -0.120. The van der Waals surface area contributed by atoms with E-state index in [4.69, 9.17) is 0 Å². The number of aryl methyl sites for hydroxylation is 1. The first-order valence-electron chi connectivity index (χ1n) is 5.57. The first kappa shape index (κ1) is 10.2. The number of carbonyl (C=O) groups is 1. The van der Waals surface area contributed by atoms with Crippen molar-refractivity contribution in [2.45, 2.75) is 39.2 Å². The minimum absolute atomic E-state index is 0.262. The highest BCUT2D eigenvalue weighted by Gasteiger charge is 2.25. The van der Waals surface area contributed by atoms with Crippen molar-refractivity contribution in [2.75, 3.05) is 4.90 Å². The second kappa shape index (κ2) is 4.05. The third kappa shape index (κ3) is 2.04. The number of carbonyl (C=O) groups excluding carboxylic acids is 1. The summed E-state index contributed by atoms with van der Waals surface area (Å²) in [6.07, 6.45) is 2.83. The summed E-state index contributed by atoms with van der Waals surface area (Å²) in [6, 6.07) is 8.53. The molecule has 2 heteroatoms. The highest BCUT2D eigenvalue weighted by molar-refractivity contribution is 5.94. The molecule has 1 fully saturated rings. The molecule has 1 saturated heterocycles. The molecule has 2 nitrogen and oxygen atoms in total. The Labute approximate surface area is 90.9 Å². The van der Waals surface area contributed by atoms with E-state index < -0.39 is 0 Å². The number of piperidine rings is 1. The van der Waals surface area contributed by atoms with Crippen LogP contribution in [0.5, 0.6) is 0 Å². The van der Waals surface area contributed by atoms with Crippen molar-refractivity contribution in [2.24, 2.45) is 0 Å². The van der Waals surface area contributed by atoms with Crippen LogP contribution >= 0.6 is 0 Å². The van der Waals surface area contributed by atoms with Gasteiger partial charge in [0, 0.05) is 18.2 Å². The zero-order valence-electron chi connectivity index (χ0n) is 9.36. The number of amides is 1. The Balaban J connectivity index is 2.27. The van der Waals surface area contributed by atoms with Gasteiger partial charge >= 0.3 is 0 Å². The van der Waals surface area contributed by atoms with Crippen LogP contribution in [0.1, 0.15) is 31.7 Å². The maximum atomic E-state index is 11.8. The highest BCUT2D eigenvalue weighted by Crippen LogP contribution is 2.25. The Morgan fingerprint density at radius 2 is 1.93 bits per heavy atom. The molecule has 0 aromatic heterocycles. The molecule has 15 heavy (non-hydrogen) atoms. The van der Waals surface area contributed by atoms with E-state index in [1.54, 1.807) is 0 Å². The molecule has 0 N–H and O–H groups in total. The summed E-state index contributed by atoms with van der Waals surface area (Å²) >= 11 is 0. The molecule has 1 atom stereocenters. The van der Waals surface area contributed by atoms with Crippen LogP contribution in [0.15, 0.2) is 24.3 Å².